The number of carbonyl (C=O) groups excluding carboxylic acids is 1. The molecule has 2 aliphatic rings. The Bertz CT molecular complexity index is 1450. The molecule has 216 valence electrons. The monoisotopic (exact) mass is 567 g/mol. The van der Waals surface area contributed by atoms with Crippen molar-refractivity contribution in [3.05, 3.63) is 53.7 Å². The number of aryl methyl sites for hydroxylation is 3. The molecule has 1 N–H and O–H groups in total. The van der Waals surface area contributed by atoms with Gasteiger partial charge in [0, 0.05) is 69.9 Å². The first-order valence-corrected chi connectivity index (χ1v) is 15.6. The van der Waals surface area contributed by atoms with Crippen LogP contribution in [0.2, 0.25) is 0 Å². The maximum Gasteiger partial charge on any atom is 0.262 e. The van der Waals surface area contributed by atoms with E-state index in [1.807, 2.05) is 33.9 Å². The largest absolute Gasteiger partial charge is 0.497 e. The maximum atomic E-state index is 13.5. The number of methoxy groups -OCH3 is 1. The summed E-state index contributed by atoms with van der Waals surface area (Å²) in [5.41, 5.74) is 2.51. The van der Waals surface area contributed by atoms with Crippen LogP contribution in [-0.4, -0.2) is 93.1 Å². The highest BCUT2D eigenvalue weighted by molar-refractivity contribution is 7.92. The molecule has 9 nitrogen and oxygen atoms in total. The highest BCUT2D eigenvalue weighted by Crippen LogP contribution is 2.31. The fraction of sp³-hybridized carbons (Fsp3) is 0.500. The lowest BCUT2D eigenvalue weighted by Crippen LogP contribution is -2.53. The summed E-state index contributed by atoms with van der Waals surface area (Å²) in [6, 6.07) is 11.6. The number of hydrogen-bond donors (Lipinski definition) is 1. The Labute approximate surface area is 237 Å². The van der Waals surface area contributed by atoms with Crippen LogP contribution in [0.3, 0.4) is 0 Å². The van der Waals surface area contributed by atoms with E-state index in [1.165, 1.54) is 0 Å². The van der Waals surface area contributed by atoms with Crippen LogP contribution >= 0.6 is 0 Å². The molecule has 0 aliphatic carbocycles. The number of aromatic nitrogens is 1. The number of nitrogens with one attached hydrogen (secondary N) is 1. The second-order valence-electron chi connectivity index (χ2n) is 11.1. The predicted molar refractivity (Wildman–Crippen MR) is 159 cm³/mol. The van der Waals surface area contributed by atoms with Crippen molar-refractivity contribution >= 4 is 32.5 Å². The van der Waals surface area contributed by atoms with Crippen molar-refractivity contribution in [2.75, 3.05) is 58.1 Å². The SMILES string of the molecule is COc1cc(C)c(S(=O)(=O)Nc2cccc3ccn(CCC(=O)N4CCC(N5CCN(C)CC5)CC4)c23)c(C)c1. The number of piperidine rings is 1. The number of likely N-dealkylation sites (tertiary alicyclic amines) is 1. The van der Waals surface area contributed by atoms with Gasteiger partial charge in [0.2, 0.25) is 5.91 Å². The van der Waals surface area contributed by atoms with E-state index in [0.717, 1.165) is 63.0 Å². The normalized spacial score (nSPS) is 17.9. The Hall–Kier alpha value is -3.08. The molecule has 0 radical (unpaired) electrons. The fourth-order valence-corrected chi connectivity index (χ4v) is 7.74. The molecule has 2 aliphatic heterocycles. The quantitative estimate of drug-likeness (QED) is 0.447. The maximum absolute atomic E-state index is 13.5. The van der Waals surface area contributed by atoms with Crippen molar-refractivity contribution < 1.29 is 17.9 Å². The first-order chi connectivity index (χ1) is 19.2. The summed E-state index contributed by atoms with van der Waals surface area (Å²) >= 11 is 0. The fourth-order valence-electron chi connectivity index (χ4n) is 6.22. The third-order valence-electron chi connectivity index (χ3n) is 8.41. The summed E-state index contributed by atoms with van der Waals surface area (Å²) < 4.78 is 37.1. The van der Waals surface area contributed by atoms with Crippen molar-refractivity contribution in [2.24, 2.45) is 0 Å². The number of carbonyl (C=O) groups is 1. The molecule has 0 bridgehead atoms. The van der Waals surface area contributed by atoms with E-state index in [9.17, 15) is 13.2 Å². The molecular weight excluding hydrogens is 526 g/mol. The molecule has 3 heterocycles. The van der Waals surface area contributed by atoms with E-state index >= 15 is 0 Å². The van der Waals surface area contributed by atoms with Gasteiger partial charge < -0.3 is 19.1 Å². The van der Waals surface area contributed by atoms with Crippen molar-refractivity contribution in [3.63, 3.8) is 0 Å². The first kappa shape index (κ1) is 28.4. The van der Waals surface area contributed by atoms with Crippen LogP contribution in [0, 0.1) is 13.8 Å². The van der Waals surface area contributed by atoms with Gasteiger partial charge in [0.25, 0.3) is 10.0 Å². The minimum absolute atomic E-state index is 0.154. The molecule has 0 saturated carbocycles. The standard InChI is InChI=1S/C30H41N5O4S/c1-22-20-26(39-4)21-23(2)30(22)40(37,38)31-27-7-5-6-24-8-12-35(29(24)27)15-11-28(36)34-13-9-25(10-14-34)33-18-16-32(3)17-19-33/h5-8,12,20-21,25,31H,9-11,13-19H2,1-4H3. The lowest BCUT2D eigenvalue weighted by Gasteiger charge is -2.42. The molecule has 40 heavy (non-hydrogen) atoms. The number of piperazine rings is 1. The predicted octanol–water partition coefficient (Wildman–Crippen LogP) is 3.70. The summed E-state index contributed by atoms with van der Waals surface area (Å²) in [6.07, 6.45) is 4.36. The molecule has 0 spiro atoms. The number of benzene rings is 2. The Morgan fingerprint density at radius 3 is 2.33 bits per heavy atom. The molecule has 0 unspecified atom stereocenters. The molecule has 0 atom stereocenters. The molecule has 3 aromatic rings. The summed E-state index contributed by atoms with van der Waals surface area (Å²) in [5.74, 6) is 0.777. The Morgan fingerprint density at radius 1 is 1.00 bits per heavy atom. The number of rotatable bonds is 8. The average molecular weight is 568 g/mol. The molecule has 2 fully saturated rings. The van der Waals surface area contributed by atoms with Crippen molar-refractivity contribution in [2.45, 2.75) is 50.6 Å². The van der Waals surface area contributed by atoms with Crippen LogP contribution in [0.25, 0.3) is 10.9 Å². The van der Waals surface area contributed by atoms with Crippen LogP contribution in [0.1, 0.15) is 30.4 Å². The van der Waals surface area contributed by atoms with Gasteiger partial charge in [-0.15, -0.1) is 0 Å². The Kier molecular flexibility index (Phi) is 8.39. The van der Waals surface area contributed by atoms with Crippen LogP contribution in [0.15, 0.2) is 47.5 Å². The molecule has 1 aromatic heterocycles. The highest BCUT2D eigenvalue weighted by atomic mass is 32.2. The van der Waals surface area contributed by atoms with E-state index in [0.29, 0.717) is 41.6 Å². The van der Waals surface area contributed by atoms with E-state index in [1.54, 1.807) is 39.2 Å². The second-order valence-corrected chi connectivity index (χ2v) is 12.8. The number of anilines is 1. The number of nitrogens with zero attached hydrogens (tertiary/aromatic N) is 4. The van der Waals surface area contributed by atoms with Crippen LogP contribution in [0.4, 0.5) is 5.69 Å². The van der Waals surface area contributed by atoms with Gasteiger partial charge in [0.1, 0.15) is 5.75 Å². The number of ether oxygens (including phenoxy) is 1. The second kappa shape index (κ2) is 11.8. The van der Waals surface area contributed by atoms with Crippen LogP contribution in [-0.2, 0) is 21.4 Å². The number of sulfonamides is 1. The molecule has 2 saturated heterocycles. The lowest BCUT2D eigenvalue weighted by molar-refractivity contribution is -0.133. The van der Waals surface area contributed by atoms with Crippen LogP contribution in [0.5, 0.6) is 5.75 Å². The number of likely N-dealkylation sites (N-methyl/N-ethyl adjacent to an activating group) is 1. The lowest BCUT2D eigenvalue weighted by atomic mass is 10.0. The molecule has 5 rings (SSSR count). The van der Waals surface area contributed by atoms with Crippen LogP contribution < -0.4 is 9.46 Å². The molecule has 2 aromatic carbocycles. The van der Waals surface area contributed by atoms with E-state index in [-0.39, 0.29) is 10.8 Å². The van der Waals surface area contributed by atoms with Gasteiger partial charge >= 0.3 is 0 Å². The summed E-state index contributed by atoms with van der Waals surface area (Å²) in [5, 5.41) is 0.920. The minimum Gasteiger partial charge on any atom is -0.497 e. The van der Waals surface area contributed by atoms with Gasteiger partial charge in [0.15, 0.2) is 0 Å². The topological polar surface area (TPSA) is 87.1 Å². The highest BCUT2D eigenvalue weighted by Gasteiger charge is 2.28. The van der Waals surface area contributed by atoms with Gasteiger partial charge in [-0.3, -0.25) is 14.4 Å². The number of hydrogen-bond acceptors (Lipinski definition) is 6. The minimum atomic E-state index is -3.85. The van der Waals surface area contributed by atoms with E-state index < -0.39 is 10.0 Å². The third kappa shape index (κ3) is 5.99. The smallest absolute Gasteiger partial charge is 0.262 e. The Morgan fingerprint density at radius 2 is 1.68 bits per heavy atom. The van der Waals surface area contributed by atoms with Gasteiger partial charge in [-0.2, -0.15) is 0 Å². The number of amides is 1. The van der Waals surface area contributed by atoms with E-state index in [4.69, 9.17) is 4.74 Å². The zero-order chi connectivity index (χ0) is 28.4. The van der Waals surface area contributed by atoms with Gasteiger partial charge in [-0.1, -0.05) is 12.1 Å². The zero-order valence-corrected chi connectivity index (χ0v) is 24.8. The van der Waals surface area contributed by atoms with Crippen molar-refractivity contribution in [1.82, 2.24) is 19.3 Å². The zero-order valence-electron chi connectivity index (χ0n) is 24.0. The van der Waals surface area contributed by atoms with E-state index in [2.05, 4.69) is 21.6 Å². The summed E-state index contributed by atoms with van der Waals surface area (Å²) in [4.78, 5) is 20.4. The molecular formula is C30H41N5O4S. The summed E-state index contributed by atoms with van der Waals surface area (Å²) in [6.45, 7) is 10.1. The number of fused-ring (bicyclic) bond motifs is 1. The van der Waals surface area contributed by atoms with Gasteiger partial charge in [0.05, 0.1) is 23.2 Å². The average Bonchev–Trinajstić information content (AvgIpc) is 3.35. The molecule has 10 heteroatoms. The first-order valence-electron chi connectivity index (χ1n) is 14.1. The molecule has 1 amide bonds. The van der Waals surface area contributed by atoms with Crippen molar-refractivity contribution in [1.29, 1.82) is 0 Å². The Balaban J connectivity index is 1.26. The van der Waals surface area contributed by atoms with Gasteiger partial charge in [-0.05, 0) is 69.1 Å². The van der Waals surface area contributed by atoms with Crippen molar-refractivity contribution in [3.8, 4) is 5.75 Å². The van der Waals surface area contributed by atoms with Gasteiger partial charge in [-0.25, -0.2) is 8.42 Å². The number of para-hydroxylation sites is 1. The third-order valence-corrected chi connectivity index (χ3v) is 10.1. The summed E-state index contributed by atoms with van der Waals surface area (Å²) in [7, 11) is -0.112.